The van der Waals surface area contributed by atoms with Gasteiger partial charge in [-0.25, -0.2) is 9.48 Å². The lowest BCUT2D eigenvalue weighted by atomic mass is 10.1. The van der Waals surface area contributed by atoms with Crippen LogP contribution in [-0.2, 0) is 32.2 Å². The topological polar surface area (TPSA) is 149 Å². The zero-order valence-corrected chi connectivity index (χ0v) is 11.5. The number of esters is 1. The van der Waals surface area contributed by atoms with Crippen molar-refractivity contribution in [3.05, 3.63) is 11.9 Å². The summed E-state index contributed by atoms with van der Waals surface area (Å²) in [6.07, 6.45) is 1.33. The maximum Gasteiger partial charge on any atom is 0.326 e. The Morgan fingerprint density at radius 1 is 1.52 bits per heavy atom. The van der Waals surface area contributed by atoms with Crippen LogP contribution in [0.2, 0.25) is 0 Å². The van der Waals surface area contributed by atoms with Crippen molar-refractivity contribution in [1.29, 1.82) is 0 Å². The fourth-order valence-corrected chi connectivity index (χ4v) is 1.52. The number of carbonyl (C=O) groups is 3. The summed E-state index contributed by atoms with van der Waals surface area (Å²) >= 11 is 0. The van der Waals surface area contributed by atoms with E-state index in [2.05, 4.69) is 20.4 Å². The van der Waals surface area contributed by atoms with Crippen molar-refractivity contribution in [2.75, 3.05) is 7.11 Å². The van der Waals surface area contributed by atoms with Gasteiger partial charge in [-0.3, -0.25) is 9.59 Å². The number of carbonyl (C=O) groups excluding carboxylic acids is 2. The Morgan fingerprint density at radius 2 is 2.24 bits per heavy atom. The maximum absolute atomic E-state index is 11.7. The Hall–Kier alpha value is -2.49. The van der Waals surface area contributed by atoms with E-state index in [9.17, 15) is 14.4 Å². The van der Waals surface area contributed by atoms with Crippen molar-refractivity contribution in [1.82, 2.24) is 20.3 Å². The van der Waals surface area contributed by atoms with Gasteiger partial charge in [-0.15, -0.1) is 5.10 Å². The molecule has 116 valence electrons. The van der Waals surface area contributed by atoms with Gasteiger partial charge in [-0.05, 0) is 6.42 Å². The fourth-order valence-electron chi connectivity index (χ4n) is 1.52. The number of aromatic nitrogens is 3. The molecule has 4 N–H and O–H groups in total. The minimum atomic E-state index is -1.23. The van der Waals surface area contributed by atoms with Crippen LogP contribution in [-0.4, -0.2) is 51.1 Å². The smallest absolute Gasteiger partial charge is 0.326 e. The van der Waals surface area contributed by atoms with E-state index in [-0.39, 0.29) is 25.9 Å². The molecule has 10 nitrogen and oxygen atoms in total. The predicted molar refractivity (Wildman–Crippen MR) is 68.7 cm³/mol. The van der Waals surface area contributed by atoms with Crippen LogP contribution < -0.4 is 11.1 Å². The second-order valence-electron chi connectivity index (χ2n) is 4.18. The molecule has 21 heavy (non-hydrogen) atoms. The summed E-state index contributed by atoms with van der Waals surface area (Å²) in [6.45, 7) is 0.00744. The van der Waals surface area contributed by atoms with E-state index in [0.717, 1.165) is 0 Å². The molecule has 1 rings (SSSR count). The first-order valence-corrected chi connectivity index (χ1v) is 6.14. The summed E-state index contributed by atoms with van der Waals surface area (Å²) < 4.78 is 5.66. The first kappa shape index (κ1) is 16.6. The molecule has 1 aromatic heterocycles. The van der Waals surface area contributed by atoms with E-state index in [0.29, 0.717) is 5.69 Å². The Balaban J connectivity index is 2.51. The van der Waals surface area contributed by atoms with Crippen molar-refractivity contribution in [3.63, 3.8) is 0 Å². The minimum absolute atomic E-state index is 0.0564. The van der Waals surface area contributed by atoms with Gasteiger partial charge < -0.3 is 20.9 Å². The average Bonchev–Trinajstić information content (AvgIpc) is 2.90. The summed E-state index contributed by atoms with van der Waals surface area (Å²) in [5.41, 5.74) is 5.87. The molecule has 0 saturated carbocycles. The van der Waals surface area contributed by atoms with E-state index in [1.54, 1.807) is 0 Å². The summed E-state index contributed by atoms with van der Waals surface area (Å²) in [4.78, 5) is 33.7. The van der Waals surface area contributed by atoms with Gasteiger partial charge in [0.25, 0.3) is 0 Å². The molecule has 0 aromatic carbocycles. The highest BCUT2D eigenvalue weighted by Gasteiger charge is 2.21. The van der Waals surface area contributed by atoms with Crippen LogP contribution in [0.4, 0.5) is 0 Å². The number of hydrogen-bond acceptors (Lipinski definition) is 7. The second-order valence-corrected chi connectivity index (χ2v) is 4.18. The van der Waals surface area contributed by atoms with E-state index in [4.69, 9.17) is 10.8 Å². The predicted octanol–water partition coefficient (Wildman–Crippen LogP) is -1.74. The quantitative estimate of drug-likeness (QED) is 0.479. The van der Waals surface area contributed by atoms with Crippen LogP contribution in [0, 0.1) is 0 Å². The Labute approximate surface area is 120 Å². The van der Waals surface area contributed by atoms with Crippen molar-refractivity contribution in [3.8, 4) is 0 Å². The first-order chi connectivity index (χ1) is 9.96. The summed E-state index contributed by atoms with van der Waals surface area (Å²) in [5, 5.41) is 18.7. The van der Waals surface area contributed by atoms with E-state index in [1.807, 2.05) is 0 Å². The molecule has 0 spiro atoms. The molecular formula is C11H17N5O5. The SMILES string of the molecule is COC(=O)CC[C@H](NC(=O)Cn1cc(CN)nn1)C(=O)O. The zero-order valence-electron chi connectivity index (χ0n) is 11.5. The highest BCUT2D eigenvalue weighted by molar-refractivity contribution is 5.83. The van der Waals surface area contributed by atoms with E-state index in [1.165, 1.54) is 18.0 Å². The average molecular weight is 299 g/mol. The lowest BCUT2D eigenvalue weighted by Gasteiger charge is -2.13. The maximum atomic E-state index is 11.7. The third-order valence-corrected chi connectivity index (χ3v) is 2.60. The standard InChI is InChI=1S/C11H17N5O5/c1-21-10(18)3-2-8(11(19)20)13-9(17)6-16-5-7(4-12)14-15-16/h5,8H,2-4,6,12H2,1H3,(H,13,17)(H,19,20)/t8-/m0/s1. The van der Waals surface area contributed by atoms with Gasteiger partial charge >= 0.3 is 11.9 Å². The van der Waals surface area contributed by atoms with Crippen LogP contribution in [0.1, 0.15) is 18.5 Å². The van der Waals surface area contributed by atoms with Crippen molar-refractivity contribution in [2.24, 2.45) is 5.73 Å². The van der Waals surface area contributed by atoms with Gasteiger partial charge in [-0.2, -0.15) is 0 Å². The lowest BCUT2D eigenvalue weighted by Crippen LogP contribution is -2.42. The van der Waals surface area contributed by atoms with Crippen LogP contribution in [0.5, 0.6) is 0 Å². The fraction of sp³-hybridized carbons (Fsp3) is 0.545. The summed E-state index contributed by atoms with van der Waals surface area (Å²) in [6, 6.07) is -1.17. The van der Waals surface area contributed by atoms with E-state index >= 15 is 0 Å². The normalized spacial score (nSPS) is 11.7. The largest absolute Gasteiger partial charge is 0.480 e. The van der Waals surface area contributed by atoms with Crippen LogP contribution in [0.25, 0.3) is 0 Å². The minimum Gasteiger partial charge on any atom is -0.480 e. The monoisotopic (exact) mass is 299 g/mol. The molecule has 1 amide bonds. The highest BCUT2D eigenvalue weighted by atomic mass is 16.5. The molecule has 0 aliphatic heterocycles. The number of aliphatic carboxylic acids is 1. The molecule has 0 aliphatic carbocycles. The molecule has 0 unspecified atom stereocenters. The van der Waals surface area contributed by atoms with Crippen LogP contribution >= 0.6 is 0 Å². The van der Waals surface area contributed by atoms with Crippen LogP contribution in [0.3, 0.4) is 0 Å². The number of carboxylic acid groups (broad SMARTS) is 1. The highest BCUT2D eigenvalue weighted by Crippen LogP contribution is 2.00. The van der Waals surface area contributed by atoms with Crippen molar-refractivity contribution >= 4 is 17.8 Å². The number of nitrogens with zero attached hydrogens (tertiary/aromatic N) is 3. The Bertz CT molecular complexity index is 515. The van der Waals surface area contributed by atoms with Gasteiger partial charge in [0.1, 0.15) is 12.6 Å². The summed E-state index contributed by atoms with van der Waals surface area (Å²) in [7, 11) is 1.20. The number of hydrogen-bond donors (Lipinski definition) is 3. The molecule has 0 bridgehead atoms. The number of carboxylic acids is 1. The van der Waals surface area contributed by atoms with Gasteiger partial charge in [0.15, 0.2) is 0 Å². The number of ether oxygens (including phenoxy) is 1. The van der Waals surface area contributed by atoms with E-state index < -0.39 is 23.9 Å². The zero-order chi connectivity index (χ0) is 15.8. The number of amides is 1. The molecule has 1 aromatic rings. The molecule has 10 heteroatoms. The summed E-state index contributed by atoms with van der Waals surface area (Å²) in [5.74, 6) is -2.33. The van der Waals surface area contributed by atoms with Crippen molar-refractivity contribution < 1.29 is 24.2 Å². The number of rotatable bonds is 8. The molecule has 1 heterocycles. The third kappa shape index (κ3) is 5.57. The number of nitrogens with two attached hydrogens (primary N) is 1. The second kappa shape index (κ2) is 7.94. The van der Waals surface area contributed by atoms with Gasteiger partial charge in [0, 0.05) is 13.0 Å². The Morgan fingerprint density at radius 3 is 2.76 bits per heavy atom. The Kier molecular flexibility index (Phi) is 6.27. The molecule has 1 atom stereocenters. The molecule has 0 fully saturated rings. The molecule has 0 aliphatic rings. The van der Waals surface area contributed by atoms with Crippen LogP contribution in [0.15, 0.2) is 6.20 Å². The lowest BCUT2D eigenvalue weighted by molar-refractivity contribution is -0.144. The molecular weight excluding hydrogens is 282 g/mol. The van der Waals surface area contributed by atoms with Crippen molar-refractivity contribution in [2.45, 2.75) is 32.0 Å². The molecule has 0 radical (unpaired) electrons. The first-order valence-electron chi connectivity index (χ1n) is 6.14. The van der Waals surface area contributed by atoms with Gasteiger partial charge in [0.2, 0.25) is 5.91 Å². The number of nitrogens with one attached hydrogen (secondary N) is 1. The van der Waals surface area contributed by atoms with Gasteiger partial charge in [-0.1, -0.05) is 5.21 Å². The number of methoxy groups -OCH3 is 1. The molecule has 0 saturated heterocycles. The third-order valence-electron chi connectivity index (χ3n) is 2.60. The van der Waals surface area contributed by atoms with Gasteiger partial charge in [0.05, 0.1) is 19.0 Å².